The summed E-state index contributed by atoms with van der Waals surface area (Å²) in [6, 6.07) is 5.01. The maximum Gasteiger partial charge on any atom is 0.240 e. The van der Waals surface area contributed by atoms with Crippen LogP contribution >= 0.6 is 12.4 Å². The summed E-state index contributed by atoms with van der Waals surface area (Å²) in [6.07, 6.45) is 0.0604. The van der Waals surface area contributed by atoms with Crippen LogP contribution in [0, 0.1) is 6.92 Å². The van der Waals surface area contributed by atoms with Gasteiger partial charge in [0.15, 0.2) is 0 Å². The molecule has 1 atom stereocenters. The molecule has 1 aromatic carbocycles. The highest BCUT2D eigenvalue weighted by Gasteiger charge is 2.16. The van der Waals surface area contributed by atoms with Crippen molar-refractivity contribution in [2.75, 3.05) is 13.1 Å². The fourth-order valence-corrected chi connectivity index (χ4v) is 3.13. The summed E-state index contributed by atoms with van der Waals surface area (Å²) in [5.41, 5.74) is 0.811. The van der Waals surface area contributed by atoms with Crippen LogP contribution in [0.2, 0.25) is 0 Å². The summed E-state index contributed by atoms with van der Waals surface area (Å²) in [5.74, 6) is 0.713. The standard InChI is InChI=1S/C15H26N2O3S.ClH/c1-6-16-13(5)10-17-21(18,19)14-7-8-15(12(4)9-14)20-11(2)3;/h7-9,11,13,16-17H,6,10H2,1-5H3;1H/t13-;/m1./s1. The lowest BCUT2D eigenvalue weighted by Crippen LogP contribution is -2.38. The van der Waals surface area contributed by atoms with E-state index in [0.717, 1.165) is 12.1 Å². The number of benzene rings is 1. The molecule has 22 heavy (non-hydrogen) atoms. The van der Waals surface area contributed by atoms with Crippen LogP contribution in [0.1, 0.15) is 33.3 Å². The molecule has 1 aromatic rings. The van der Waals surface area contributed by atoms with Crippen molar-refractivity contribution in [3.63, 3.8) is 0 Å². The third-order valence-electron chi connectivity index (χ3n) is 2.95. The smallest absolute Gasteiger partial charge is 0.240 e. The Bertz CT molecular complexity index is 562. The maximum absolute atomic E-state index is 12.2. The lowest BCUT2D eigenvalue weighted by atomic mass is 10.2. The minimum Gasteiger partial charge on any atom is -0.491 e. The molecule has 0 saturated carbocycles. The summed E-state index contributed by atoms with van der Waals surface area (Å²) in [6.45, 7) is 10.8. The zero-order chi connectivity index (χ0) is 16.0. The molecule has 0 aliphatic carbocycles. The van der Waals surface area contributed by atoms with Gasteiger partial charge in [-0.05, 0) is 58.0 Å². The van der Waals surface area contributed by atoms with E-state index in [1.165, 1.54) is 0 Å². The Hall–Kier alpha value is -0.820. The van der Waals surface area contributed by atoms with E-state index in [2.05, 4.69) is 10.0 Å². The largest absolute Gasteiger partial charge is 0.491 e. The van der Waals surface area contributed by atoms with Crippen LogP contribution in [-0.2, 0) is 10.0 Å². The molecule has 0 heterocycles. The molecule has 1 rings (SSSR count). The number of hydrogen-bond donors (Lipinski definition) is 2. The molecule has 0 fully saturated rings. The van der Waals surface area contributed by atoms with Crippen molar-refractivity contribution in [1.29, 1.82) is 0 Å². The molecule has 0 aliphatic heterocycles. The average Bonchev–Trinajstić information content (AvgIpc) is 2.39. The number of halogens is 1. The Morgan fingerprint density at radius 1 is 1.23 bits per heavy atom. The van der Waals surface area contributed by atoms with E-state index in [0.29, 0.717) is 12.3 Å². The number of aryl methyl sites for hydroxylation is 1. The molecule has 0 unspecified atom stereocenters. The summed E-state index contributed by atoms with van der Waals surface area (Å²) in [4.78, 5) is 0.264. The van der Waals surface area contributed by atoms with Crippen LogP contribution in [0.15, 0.2) is 23.1 Å². The highest BCUT2D eigenvalue weighted by atomic mass is 35.5. The van der Waals surface area contributed by atoms with Crippen molar-refractivity contribution in [3.8, 4) is 5.75 Å². The van der Waals surface area contributed by atoms with Gasteiger partial charge in [0.1, 0.15) is 5.75 Å². The van der Waals surface area contributed by atoms with Crippen molar-refractivity contribution >= 4 is 22.4 Å². The Morgan fingerprint density at radius 2 is 1.86 bits per heavy atom. The second kappa shape index (κ2) is 9.35. The summed E-state index contributed by atoms with van der Waals surface area (Å²) >= 11 is 0. The SMILES string of the molecule is CCN[C@H](C)CNS(=O)(=O)c1ccc(OC(C)C)c(C)c1.Cl. The van der Waals surface area contributed by atoms with Crippen LogP contribution in [0.25, 0.3) is 0 Å². The minimum atomic E-state index is -3.49. The predicted molar refractivity (Wildman–Crippen MR) is 92.5 cm³/mol. The lowest BCUT2D eigenvalue weighted by molar-refractivity contribution is 0.240. The van der Waals surface area contributed by atoms with Crippen LogP contribution in [0.4, 0.5) is 0 Å². The fourth-order valence-electron chi connectivity index (χ4n) is 1.91. The molecule has 7 heteroatoms. The number of ether oxygens (including phenoxy) is 1. The first-order valence-electron chi connectivity index (χ1n) is 7.26. The Kier molecular flexibility index (Phi) is 9.00. The first-order chi connectivity index (χ1) is 9.76. The van der Waals surface area contributed by atoms with E-state index in [4.69, 9.17) is 4.74 Å². The topological polar surface area (TPSA) is 67.4 Å². The van der Waals surface area contributed by atoms with Gasteiger partial charge in [-0.3, -0.25) is 0 Å². The lowest BCUT2D eigenvalue weighted by Gasteiger charge is -2.15. The van der Waals surface area contributed by atoms with Crippen molar-refractivity contribution in [2.45, 2.75) is 51.7 Å². The highest BCUT2D eigenvalue weighted by Crippen LogP contribution is 2.22. The Morgan fingerprint density at radius 3 is 2.36 bits per heavy atom. The second-order valence-corrected chi connectivity index (χ2v) is 7.17. The van der Waals surface area contributed by atoms with Crippen LogP contribution in [0.5, 0.6) is 5.75 Å². The van der Waals surface area contributed by atoms with Gasteiger partial charge in [-0.15, -0.1) is 12.4 Å². The Balaban J connectivity index is 0.00000441. The van der Waals surface area contributed by atoms with E-state index >= 15 is 0 Å². The third-order valence-corrected chi connectivity index (χ3v) is 4.37. The first kappa shape index (κ1) is 21.2. The molecular weight excluding hydrogens is 324 g/mol. The van der Waals surface area contributed by atoms with Gasteiger partial charge in [0, 0.05) is 12.6 Å². The van der Waals surface area contributed by atoms with Gasteiger partial charge in [0.2, 0.25) is 10.0 Å². The van der Waals surface area contributed by atoms with Crippen molar-refractivity contribution in [1.82, 2.24) is 10.0 Å². The molecule has 0 aliphatic rings. The number of hydrogen-bond acceptors (Lipinski definition) is 4. The number of likely N-dealkylation sites (N-methyl/N-ethyl adjacent to an activating group) is 1. The van der Waals surface area contributed by atoms with Gasteiger partial charge < -0.3 is 10.1 Å². The molecule has 0 saturated heterocycles. The third kappa shape index (κ3) is 6.52. The average molecular weight is 351 g/mol. The molecule has 0 spiro atoms. The molecule has 2 N–H and O–H groups in total. The van der Waals surface area contributed by atoms with Crippen LogP contribution in [0.3, 0.4) is 0 Å². The predicted octanol–water partition coefficient (Wildman–Crippen LogP) is 2.48. The summed E-state index contributed by atoms with van der Waals surface area (Å²) in [7, 11) is -3.49. The maximum atomic E-state index is 12.2. The number of sulfonamides is 1. The van der Waals surface area contributed by atoms with Gasteiger partial charge in [-0.1, -0.05) is 6.92 Å². The van der Waals surface area contributed by atoms with E-state index in [1.54, 1.807) is 18.2 Å². The molecule has 0 aromatic heterocycles. The second-order valence-electron chi connectivity index (χ2n) is 5.40. The molecule has 5 nitrogen and oxygen atoms in total. The Labute approximate surface area is 140 Å². The summed E-state index contributed by atoms with van der Waals surface area (Å²) < 4.78 is 32.7. The van der Waals surface area contributed by atoms with E-state index < -0.39 is 10.0 Å². The van der Waals surface area contributed by atoms with Crippen LogP contribution < -0.4 is 14.8 Å². The highest BCUT2D eigenvalue weighted by molar-refractivity contribution is 7.89. The van der Waals surface area contributed by atoms with E-state index in [1.807, 2.05) is 34.6 Å². The number of nitrogens with one attached hydrogen (secondary N) is 2. The van der Waals surface area contributed by atoms with Gasteiger partial charge in [-0.2, -0.15) is 0 Å². The normalized spacial score (nSPS) is 12.8. The van der Waals surface area contributed by atoms with Crippen molar-refractivity contribution in [3.05, 3.63) is 23.8 Å². The zero-order valence-corrected chi connectivity index (χ0v) is 15.5. The van der Waals surface area contributed by atoms with E-state index in [-0.39, 0.29) is 29.4 Å². The molecule has 128 valence electrons. The molecular formula is C15H27ClN2O3S. The zero-order valence-electron chi connectivity index (χ0n) is 13.8. The van der Waals surface area contributed by atoms with Gasteiger partial charge in [-0.25, -0.2) is 13.1 Å². The molecule has 0 bridgehead atoms. The van der Waals surface area contributed by atoms with Gasteiger partial charge >= 0.3 is 0 Å². The van der Waals surface area contributed by atoms with Crippen LogP contribution in [-0.4, -0.2) is 33.7 Å². The quantitative estimate of drug-likeness (QED) is 0.755. The molecule has 0 radical (unpaired) electrons. The van der Waals surface area contributed by atoms with Crippen molar-refractivity contribution in [2.24, 2.45) is 0 Å². The van der Waals surface area contributed by atoms with Gasteiger partial charge in [0.05, 0.1) is 11.0 Å². The minimum absolute atomic E-state index is 0. The van der Waals surface area contributed by atoms with Crippen molar-refractivity contribution < 1.29 is 13.2 Å². The number of rotatable bonds is 8. The molecule has 0 amide bonds. The van der Waals surface area contributed by atoms with E-state index in [9.17, 15) is 8.42 Å². The summed E-state index contributed by atoms with van der Waals surface area (Å²) in [5, 5.41) is 3.16. The first-order valence-corrected chi connectivity index (χ1v) is 8.75. The monoisotopic (exact) mass is 350 g/mol. The fraction of sp³-hybridized carbons (Fsp3) is 0.600. The van der Waals surface area contributed by atoms with Gasteiger partial charge in [0.25, 0.3) is 0 Å².